The van der Waals surface area contributed by atoms with Crippen molar-refractivity contribution in [2.45, 2.75) is 70.5 Å². The smallest absolute Gasteiger partial charge is 0.103 e. The van der Waals surface area contributed by atoms with Crippen LogP contribution in [0.25, 0.3) is 0 Å². The van der Waals surface area contributed by atoms with Gasteiger partial charge < -0.3 is 10.8 Å². The highest BCUT2D eigenvalue weighted by molar-refractivity contribution is 7.97. The van der Waals surface area contributed by atoms with Crippen molar-refractivity contribution in [1.29, 1.82) is 0 Å². The summed E-state index contributed by atoms with van der Waals surface area (Å²) in [6, 6.07) is 8.92. The summed E-state index contributed by atoms with van der Waals surface area (Å²) in [6.45, 7) is 3.09. The Morgan fingerprint density at radius 2 is 1.74 bits per heavy atom. The molecule has 0 aliphatic carbocycles. The van der Waals surface area contributed by atoms with Crippen molar-refractivity contribution in [3.63, 3.8) is 0 Å². The van der Waals surface area contributed by atoms with E-state index < -0.39 is 5.66 Å². The molecule has 1 aromatic rings. The van der Waals surface area contributed by atoms with Crippen molar-refractivity contribution >= 4 is 11.9 Å². The molecule has 2 rings (SSSR count). The van der Waals surface area contributed by atoms with Crippen LogP contribution in [-0.4, -0.2) is 27.4 Å². The molecule has 1 atom stereocenters. The number of hydrogen-bond donors (Lipinski definition) is 2. The fourth-order valence-corrected chi connectivity index (χ4v) is 4.35. The number of aliphatic hydroxyl groups excluding tert-OH is 1. The first kappa shape index (κ1) is 18.8. The standard InChI is InChI=1S/C19H32N2OS/c1-2-3-4-5-6-7-8-17-9-11-18(12-10-17)15-21-19(20,16-22)13-14-23-21/h9-12,22H,2-8,13-16,20H2,1H3. The van der Waals surface area contributed by atoms with Gasteiger partial charge in [-0.1, -0.05) is 75.2 Å². The van der Waals surface area contributed by atoms with E-state index in [0.717, 1.165) is 18.7 Å². The zero-order valence-corrected chi connectivity index (χ0v) is 15.3. The summed E-state index contributed by atoms with van der Waals surface area (Å²) < 4.78 is 2.13. The number of aliphatic hydroxyl groups is 1. The molecule has 23 heavy (non-hydrogen) atoms. The highest BCUT2D eigenvalue weighted by atomic mass is 32.2. The van der Waals surface area contributed by atoms with Crippen LogP contribution in [0.3, 0.4) is 0 Å². The van der Waals surface area contributed by atoms with Crippen LogP contribution < -0.4 is 5.73 Å². The molecule has 4 heteroatoms. The Morgan fingerprint density at radius 3 is 2.43 bits per heavy atom. The Bertz CT molecular complexity index is 451. The van der Waals surface area contributed by atoms with Gasteiger partial charge in [-0.15, -0.1) is 0 Å². The Hall–Kier alpha value is -0.550. The molecule has 1 heterocycles. The summed E-state index contributed by atoms with van der Waals surface area (Å²) in [4.78, 5) is 0. The van der Waals surface area contributed by atoms with E-state index in [9.17, 15) is 5.11 Å². The second-order valence-electron chi connectivity index (χ2n) is 6.72. The van der Waals surface area contributed by atoms with E-state index in [-0.39, 0.29) is 6.61 Å². The van der Waals surface area contributed by atoms with Crippen molar-refractivity contribution < 1.29 is 5.11 Å². The average molecular weight is 337 g/mol. The monoisotopic (exact) mass is 336 g/mol. The van der Waals surface area contributed by atoms with Crippen molar-refractivity contribution in [3.8, 4) is 0 Å². The molecule has 1 fully saturated rings. The molecule has 3 nitrogen and oxygen atoms in total. The number of nitrogens with zero attached hydrogens (tertiary/aromatic N) is 1. The second kappa shape index (κ2) is 9.67. The zero-order valence-electron chi connectivity index (χ0n) is 14.5. The lowest BCUT2D eigenvalue weighted by atomic mass is 10.0. The van der Waals surface area contributed by atoms with Gasteiger partial charge in [-0.05, 0) is 30.4 Å². The van der Waals surface area contributed by atoms with Gasteiger partial charge in [-0.3, -0.25) is 0 Å². The minimum atomic E-state index is -0.554. The summed E-state index contributed by atoms with van der Waals surface area (Å²) in [5.41, 5.74) is 8.40. The van der Waals surface area contributed by atoms with Crippen LogP contribution in [0.4, 0.5) is 0 Å². The molecular weight excluding hydrogens is 304 g/mol. The van der Waals surface area contributed by atoms with E-state index in [4.69, 9.17) is 5.73 Å². The molecule has 0 spiro atoms. The molecule has 1 aliphatic heterocycles. The Balaban J connectivity index is 1.74. The molecule has 1 aliphatic rings. The van der Waals surface area contributed by atoms with E-state index in [0.29, 0.717) is 0 Å². The molecule has 0 radical (unpaired) electrons. The van der Waals surface area contributed by atoms with Gasteiger partial charge >= 0.3 is 0 Å². The lowest BCUT2D eigenvalue weighted by molar-refractivity contribution is 0.108. The predicted molar refractivity (Wildman–Crippen MR) is 100 cm³/mol. The zero-order chi connectivity index (χ0) is 16.5. The third-order valence-corrected chi connectivity index (χ3v) is 5.91. The third kappa shape index (κ3) is 5.79. The van der Waals surface area contributed by atoms with Crippen molar-refractivity contribution in [2.75, 3.05) is 12.4 Å². The van der Waals surface area contributed by atoms with Crippen LogP contribution >= 0.6 is 11.9 Å². The molecule has 1 saturated heterocycles. The number of nitrogens with two attached hydrogens (primary N) is 1. The Kier molecular flexibility index (Phi) is 7.90. The minimum absolute atomic E-state index is 0.0239. The summed E-state index contributed by atoms with van der Waals surface area (Å²) in [5, 5.41) is 9.51. The van der Waals surface area contributed by atoms with Gasteiger partial charge in [0.15, 0.2) is 0 Å². The molecule has 3 N–H and O–H groups in total. The Labute approximate surface area is 145 Å². The highest BCUT2D eigenvalue weighted by Crippen LogP contribution is 2.33. The van der Waals surface area contributed by atoms with Gasteiger partial charge in [-0.2, -0.15) is 0 Å². The van der Waals surface area contributed by atoms with Crippen LogP contribution in [0, 0.1) is 0 Å². The minimum Gasteiger partial charge on any atom is -0.393 e. The number of benzene rings is 1. The number of aryl methyl sites for hydroxylation is 1. The molecule has 0 amide bonds. The molecule has 0 bridgehead atoms. The number of unbranched alkanes of at least 4 members (excludes halogenated alkanes) is 5. The van der Waals surface area contributed by atoms with Crippen LogP contribution in [0.2, 0.25) is 0 Å². The predicted octanol–water partition coefficient (Wildman–Crippen LogP) is 4.09. The summed E-state index contributed by atoms with van der Waals surface area (Å²) in [7, 11) is 0. The summed E-state index contributed by atoms with van der Waals surface area (Å²) >= 11 is 1.74. The van der Waals surface area contributed by atoms with Gasteiger partial charge in [0.1, 0.15) is 5.66 Å². The lowest BCUT2D eigenvalue weighted by Gasteiger charge is -2.31. The normalized spacial score (nSPS) is 21.9. The maximum absolute atomic E-state index is 9.51. The lowest BCUT2D eigenvalue weighted by Crippen LogP contribution is -2.52. The topological polar surface area (TPSA) is 49.5 Å². The van der Waals surface area contributed by atoms with E-state index in [1.807, 2.05) is 0 Å². The molecular formula is C19H32N2OS. The Morgan fingerprint density at radius 1 is 1.09 bits per heavy atom. The quantitative estimate of drug-likeness (QED) is 0.499. The fraction of sp³-hybridized carbons (Fsp3) is 0.684. The van der Waals surface area contributed by atoms with Gasteiger partial charge in [0.25, 0.3) is 0 Å². The highest BCUT2D eigenvalue weighted by Gasteiger charge is 2.37. The van der Waals surface area contributed by atoms with Crippen molar-refractivity contribution in [2.24, 2.45) is 5.73 Å². The fourth-order valence-electron chi connectivity index (χ4n) is 3.03. The number of hydrogen-bond acceptors (Lipinski definition) is 4. The van der Waals surface area contributed by atoms with Crippen LogP contribution in [0.5, 0.6) is 0 Å². The molecule has 130 valence electrons. The maximum atomic E-state index is 9.51. The van der Waals surface area contributed by atoms with Crippen LogP contribution in [0.1, 0.15) is 63.0 Å². The van der Waals surface area contributed by atoms with Crippen molar-refractivity contribution in [3.05, 3.63) is 35.4 Å². The number of rotatable bonds is 10. The average Bonchev–Trinajstić information content (AvgIpc) is 2.94. The van der Waals surface area contributed by atoms with E-state index in [1.54, 1.807) is 11.9 Å². The van der Waals surface area contributed by atoms with Gasteiger partial charge in [0.2, 0.25) is 0 Å². The first-order chi connectivity index (χ1) is 11.2. The summed E-state index contributed by atoms with van der Waals surface area (Å²) in [6.07, 6.45) is 10.1. The molecule has 0 aromatic heterocycles. The first-order valence-corrected chi connectivity index (χ1v) is 10.0. The SMILES string of the molecule is CCCCCCCCc1ccc(CN2SCCC2(N)CO)cc1. The maximum Gasteiger partial charge on any atom is 0.103 e. The van der Waals surface area contributed by atoms with Crippen molar-refractivity contribution in [1.82, 2.24) is 4.31 Å². The molecule has 1 aromatic carbocycles. The van der Waals surface area contributed by atoms with Crippen LogP contribution in [-0.2, 0) is 13.0 Å². The van der Waals surface area contributed by atoms with E-state index in [1.165, 1.54) is 56.1 Å². The second-order valence-corrected chi connectivity index (χ2v) is 7.82. The van der Waals surface area contributed by atoms with Gasteiger partial charge in [0, 0.05) is 12.3 Å². The van der Waals surface area contributed by atoms with Gasteiger partial charge in [-0.25, -0.2) is 4.31 Å². The third-order valence-electron chi connectivity index (χ3n) is 4.72. The molecule has 1 unspecified atom stereocenters. The largest absolute Gasteiger partial charge is 0.393 e. The first-order valence-electron chi connectivity index (χ1n) is 9.06. The summed E-state index contributed by atoms with van der Waals surface area (Å²) in [5.74, 6) is 0.993. The van der Waals surface area contributed by atoms with Crippen LogP contribution in [0.15, 0.2) is 24.3 Å². The van der Waals surface area contributed by atoms with E-state index >= 15 is 0 Å². The van der Waals surface area contributed by atoms with Gasteiger partial charge in [0.05, 0.1) is 6.61 Å². The molecule has 0 saturated carbocycles. The van der Waals surface area contributed by atoms with E-state index in [2.05, 4.69) is 35.5 Å².